The van der Waals surface area contributed by atoms with Crippen LogP contribution in [0.25, 0.3) is 0 Å². The molecule has 17 heavy (non-hydrogen) atoms. The maximum absolute atomic E-state index is 11.2. The lowest BCUT2D eigenvalue weighted by Gasteiger charge is -2.21. The quantitative estimate of drug-likeness (QED) is 0.870. The molecule has 2 atom stereocenters. The van der Waals surface area contributed by atoms with Crippen LogP contribution in [0, 0.1) is 0 Å². The van der Waals surface area contributed by atoms with Gasteiger partial charge < -0.3 is 9.67 Å². The van der Waals surface area contributed by atoms with Crippen molar-refractivity contribution in [2.75, 3.05) is 5.75 Å². The number of hydrogen-bond donors (Lipinski definition) is 1. The number of carboxylic acids is 1. The predicted molar refractivity (Wildman–Crippen MR) is 64.1 cm³/mol. The van der Waals surface area contributed by atoms with E-state index >= 15 is 0 Å². The van der Waals surface area contributed by atoms with Crippen LogP contribution in [-0.2, 0) is 11.3 Å². The molecule has 3 heterocycles. The summed E-state index contributed by atoms with van der Waals surface area (Å²) in [5.41, 5.74) is 0. The third kappa shape index (κ3) is 1.84. The molecule has 2 aliphatic rings. The monoisotopic (exact) mass is 253 g/mol. The van der Waals surface area contributed by atoms with Crippen LogP contribution in [0.4, 0.5) is 0 Å². The van der Waals surface area contributed by atoms with Crippen LogP contribution in [-0.4, -0.2) is 31.6 Å². The molecule has 92 valence electrons. The second-order valence-electron chi connectivity index (χ2n) is 4.60. The minimum Gasteiger partial charge on any atom is -0.481 e. The summed E-state index contributed by atoms with van der Waals surface area (Å²) in [5.74, 6) is 1.59. The van der Waals surface area contributed by atoms with Gasteiger partial charge in [0, 0.05) is 6.54 Å². The Morgan fingerprint density at radius 1 is 1.29 bits per heavy atom. The number of carboxylic acid groups (broad SMARTS) is 1. The molecule has 0 saturated carbocycles. The topological polar surface area (TPSA) is 68.0 Å². The van der Waals surface area contributed by atoms with Crippen LogP contribution in [0.3, 0.4) is 0 Å². The molecule has 0 amide bonds. The lowest BCUT2D eigenvalue weighted by atomic mass is 9.99. The molecule has 1 N–H and O–H groups in total. The van der Waals surface area contributed by atoms with E-state index in [2.05, 4.69) is 10.2 Å². The predicted octanol–water partition coefficient (Wildman–Crippen LogP) is 1.81. The van der Waals surface area contributed by atoms with Crippen molar-refractivity contribution in [3.63, 3.8) is 0 Å². The van der Waals surface area contributed by atoms with Crippen molar-refractivity contribution in [2.24, 2.45) is 0 Å². The second-order valence-corrected chi connectivity index (χ2v) is 5.91. The number of aliphatic carboxylic acids is 1. The zero-order valence-corrected chi connectivity index (χ0v) is 10.3. The Balaban J connectivity index is 1.95. The number of carbonyl (C=O) groups is 1. The molecule has 6 heteroatoms. The zero-order chi connectivity index (χ0) is 11.8. The van der Waals surface area contributed by atoms with E-state index in [4.69, 9.17) is 0 Å². The van der Waals surface area contributed by atoms with Gasteiger partial charge in [-0.1, -0.05) is 0 Å². The van der Waals surface area contributed by atoms with Gasteiger partial charge in [0.15, 0.2) is 0 Å². The highest BCUT2D eigenvalue weighted by atomic mass is 32.2. The highest BCUT2D eigenvalue weighted by molar-refractivity contribution is 7.99. The number of nitrogens with zero attached hydrogens (tertiary/aromatic N) is 3. The van der Waals surface area contributed by atoms with Crippen molar-refractivity contribution in [2.45, 2.75) is 43.4 Å². The Kier molecular flexibility index (Phi) is 2.82. The molecule has 2 aliphatic heterocycles. The normalized spacial score (nSPS) is 28.0. The van der Waals surface area contributed by atoms with Gasteiger partial charge in [0.05, 0.1) is 5.25 Å². The summed E-state index contributed by atoms with van der Waals surface area (Å²) >= 11 is 1.91. The van der Waals surface area contributed by atoms with Crippen LogP contribution in [0.5, 0.6) is 0 Å². The van der Waals surface area contributed by atoms with Gasteiger partial charge in [0.25, 0.3) is 0 Å². The molecule has 2 unspecified atom stereocenters. The molecule has 0 spiro atoms. The Labute approximate surface area is 104 Å². The number of hydrogen-bond acceptors (Lipinski definition) is 4. The van der Waals surface area contributed by atoms with E-state index in [-0.39, 0.29) is 0 Å². The average Bonchev–Trinajstić information content (AvgIpc) is 2.96. The van der Waals surface area contributed by atoms with E-state index in [0.717, 1.165) is 25.2 Å². The van der Waals surface area contributed by atoms with Gasteiger partial charge in [-0.05, 0) is 31.4 Å². The van der Waals surface area contributed by atoms with Gasteiger partial charge >= 0.3 is 5.97 Å². The lowest BCUT2D eigenvalue weighted by Crippen LogP contribution is -2.23. The van der Waals surface area contributed by atoms with Crippen molar-refractivity contribution in [3.8, 4) is 0 Å². The summed E-state index contributed by atoms with van der Waals surface area (Å²) in [4.78, 5) is 11.2. The Morgan fingerprint density at radius 2 is 2.12 bits per heavy atom. The molecule has 1 aromatic heterocycles. The molecule has 0 aliphatic carbocycles. The summed E-state index contributed by atoms with van der Waals surface area (Å²) in [5, 5.41) is 18.0. The lowest BCUT2D eigenvalue weighted by molar-refractivity contribution is -0.139. The number of thioether (sulfide) groups is 1. The van der Waals surface area contributed by atoms with Crippen molar-refractivity contribution < 1.29 is 9.90 Å². The molecule has 1 fully saturated rings. The highest BCUT2D eigenvalue weighted by Crippen LogP contribution is 2.40. The second kappa shape index (κ2) is 4.33. The first-order chi connectivity index (χ1) is 8.27. The van der Waals surface area contributed by atoms with Crippen molar-refractivity contribution in [1.82, 2.24) is 14.8 Å². The molecule has 0 aromatic carbocycles. The zero-order valence-electron chi connectivity index (χ0n) is 9.50. The van der Waals surface area contributed by atoms with E-state index in [0.29, 0.717) is 17.5 Å². The molecule has 0 radical (unpaired) electrons. The Hall–Kier alpha value is -1.04. The van der Waals surface area contributed by atoms with Gasteiger partial charge in [-0.25, -0.2) is 0 Å². The van der Waals surface area contributed by atoms with E-state index in [9.17, 15) is 9.90 Å². The molecule has 1 saturated heterocycles. The maximum Gasteiger partial charge on any atom is 0.314 e. The van der Waals surface area contributed by atoms with Crippen LogP contribution >= 0.6 is 11.8 Å². The molecular formula is C11H15N3O2S. The van der Waals surface area contributed by atoms with Gasteiger partial charge in [-0.3, -0.25) is 4.79 Å². The molecule has 0 bridgehead atoms. The van der Waals surface area contributed by atoms with Gasteiger partial charge in [-0.2, -0.15) is 11.8 Å². The average molecular weight is 253 g/mol. The van der Waals surface area contributed by atoms with Crippen LogP contribution in [0.1, 0.15) is 48.5 Å². The minimum absolute atomic E-state index is 0.420. The van der Waals surface area contributed by atoms with Crippen molar-refractivity contribution >= 4 is 17.7 Å². The van der Waals surface area contributed by atoms with Crippen LogP contribution < -0.4 is 0 Å². The summed E-state index contributed by atoms with van der Waals surface area (Å²) in [6.07, 6.45) is 3.96. The minimum atomic E-state index is -0.774. The maximum atomic E-state index is 11.2. The van der Waals surface area contributed by atoms with E-state index < -0.39 is 11.9 Å². The van der Waals surface area contributed by atoms with Gasteiger partial charge in [0.1, 0.15) is 17.6 Å². The van der Waals surface area contributed by atoms with Crippen LogP contribution in [0.15, 0.2) is 0 Å². The Morgan fingerprint density at radius 3 is 2.82 bits per heavy atom. The van der Waals surface area contributed by atoms with Gasteiger partial charge in [-0.15, -0.1) is 10.2 Å². The van der Waals surface area contributed by atoms with Crippen molar-refractivity contribution in [3.05, 3.63) is 11.6 Å². The third-order valence-electron chi connectivity index (χ3n) is 3.51. The largest absolute Gasteiger partial charge is 0.481 e. The third-order valence-corrected chi connectivity index (χ3v) is 4.88. The number of fused-ring (bicyclic) bond motifs is 1. The standard InChI is InChI=1S/C11H15N3O2S/c15-11(16)7-3-1-5-14-9(7)12-13-10(14)8-4-2-6-17-8/h7-8H,1-6H2,(H,15,16). The number of aromatic nitrogens is 3. The smallest absolute Gasteiger partial charge is 0.314 e. The summed E-state index contributed by atoms with van der Waals surface area (Å²) < 4.78 is 2.05. The van der Waals surface area contributed by atoms with E-state index in [1.807, 2.05) is 16.3 Å². The summed E-state index contributed by atoms with van der Waals surface area (Å²) in [6.45, 7) is 0.874. The molecular weight excluding hydrogens is 238 g/mol. The number of rotatable bonds is 2. The van der Waals surface area contributed by atoms with E-state index in [1.165, 1.54) is 12.2 Å². The van der Waals surface area contributed by atoms with Crippen LogP contribution in [0.2, 0.25) is 0 Å². The first kappa shape index (κ1) is 11.1. The van der Waals surface area contributed by atoms with E-state index in [1.54, 1.807) is 0 Å². The first-order valence-electron chi connectivity index (χ1n) is 6.05. The molecule has 5 nitrogen and oxygen atoms in total. The SMILES string of the molecule is O=C(O)C1CCCn2c(C3CCCS3)nnc21. The fourth-order valence-corrected chi connectivity index (χ4v) is 3.93. The highest BCUT2D eigenvalue weighted by Gasteiger charge is 2.33. The molecule has 1 aromatic rings. The fourth-order valence-electron chi connectivity index (χ4n) is 2.65. The Bertz CT molecular complexity index is 440. The summed E-state index contributed by atoms with van der Waals surface area (Å²) in [6, 6.07) is 0. The van der Waals surface area contributed by atoms with Gasteiger partial charge in [0.2, 0.25) is 0 Å². The molecule has 3 rings (SSSR count). The first-order valence-corrected chi connectivity index (χ1v) is 7.09. The van der Waals surface area contributed by atoms with Crippen molar-refractivity contribution in [1.29, 1.82) is 0 Å². The summed E-state index contributed by atoms with van der Waals surface area (Å²) in [7, 11) is 0. The fraction of sp³-hybridized carbons (Fsp3) is 0.727.